The summed E-state index contributed by atoms with van der Waals surface area (Å²) < 4.78 is 0. The Hall–Kier alpha value is -6.09. The number of rotatable bonds is 22. The number of ketones is 1. The number of imide groups is 1. The zero-order valence-corrected chi connectivity index (χ0v) is 34.5. The predicted molar refractivity (Wildman–Crippen MR) is 222 cm³/mol. The number of carbonyl (C=O) groups excluding carboxylic acids is 5. The maximum absolute atomic E-state index is 13.8. The predicted octanol–water partition coefficient (Wildman–Crippen LogP) is -0.786. The molecule has 2 heterocycles. The molecule has 1 fully saturated rings. The molecule has 20 heteroatoms. The second-order valence-corrected chi connectivity index (χ2v) is 15.4. The van der Waals surface area contributed by atoms with Crippen molar-refractivity contribution < 1.29 is 63.6 Å². The molecule has 4 rings (SSSR count). The summed E-state index contributed by atoms with van der Waals surface area (Å²) >= 11 is 0. The molecule has 0 radical (unpaired) electrons. The van der Waals surface area contributed by atoms with Crippen LogP contribution in [0.25, 0.3) is 10.8 Å². The summed E-state index contributed by atoms with van der Waals surface area (Å²) in [6.07, 6.45) is 2.64. The Kier molecular flexibility index (Phi) is 19.1. The molecular weight excluding hydrogens is 810 g/mol. The zero-order chi connectivity index (χ0) is 45.2. The van der Waals surface area contributed by atoms with Crippen LogP contribution < -0.4 is 10.6 Å². The number of nitrogens with zero attached hydrogens (tertiary/aromatic N) is 5. The van der Waals surface area contributed by atoms with Gasteiger partial charge in [0.1, 0.15) is 6.04 Å². The van der Waals surface area contributed by atoms with Gasteiger partial charge in [-0.1, -0.05) is 42.5 Å². The standard InChI is InChI=1S/C42H55N7O13/c50-33(24-43-35(51)25-45-13-15-46(26-38(54)55)17-19-48(28-40(58)59)20-18-47(16-14-45)27-39(56)57)23-32(22-29-8-9-30-5-1-2-6-31(30)21-29)41(60)44-34(42(61)62)7-3-4-12-49-36(52)10-11-37(49)53/h1-2,5-6,8-11,21,32,34H,3-4,7,12-20,22-28H2,(H,43,51)(H,44,60)(H,54,55)(H,56,57)(H,58,59)(H,61,62)/t32-,34+/m1/s1. The quantitative estimate of drug-likeness (QED) is 0.0625. The third-order valence-electron chi connectivity index (χ3n) is 10.6. The number of hydrogen-bond acceptors (Lipinski definition) is 13. The van der Waals surface area contributed by atoms with E-state index >= 15 is 0 Å². The molecule has 20 nitrogen and oxygen atoms in total. The van der Waals surface area contributed by atoms with E-state index in [1.54, 1.807) is 19.6 Å². The third-order valence-corrected chi connectivity index (χ3v) is 10.6. The van der Waals surface area contributed by atoms with E-state index in [9.17, 15) is 63.6 Å². The lowest BCUT2D eigenvalue weighted by molar-refractivity contribution is -0.143. The Bertz CT molecular complexity index is 1940. The number of amides is 4. The monoisotopic (exact) mass is 865 g/mol. The first-order valence-electron chi connectivity index (χ1n) is 20.4. The minimum atomic E-state index is -1.32. The topological polar surface area (TPSA) is 275 Å². The third kappa shape index (κ3) is 16.8. The number of carboxylic acids is 4. The molecule has 4 amide bonds. The first-order valence-corrected chi connectivity index (χ1v) is 20.4. The van der Waals surface area contributed by atoms with Crippen molar-refractivity contribution in [3.05, 3.63) is 60.2 Å². The summed E-state index contributed by atoms with van der Waals surface area (Å²) in [6, 6.07) is 11.8. The molecule has 0 saturated carbocycles. The van der Waals surface area contributed by atoms with Gasteiger partial charge < -0.3 is 31.1 Å². The summed E-state index contributed by atoms with van der Waals surface area (Å²) in [7, 11) is 0. The number of hydrogen-bond donors (Lipinski definition) is 6. The molecule has 2 atom stereocenters. The Balaban J connectivity index is 1.40. The molecule has 2 aromatic carbocycles. The molecule has 0 aromatic heterocycles. The largest absolute Gasteiger partial charge is 0.480 e. The molecule has 0 spiro atoms. The molecular formula is C42H55N7O13. The molecule has 1 saturated heterocycles. The SMILES string of the molecule is O=C(O)CN1CCN(CC(=O)O)CCN(CC(=O)NCC(=O)C[C@@H](Cc2ccc3ccccc3c2)C(=O)N[C@@H](CCCCN2C(=O)C=CC2=O)C(=O)O)CCN(CC(=O)O)CC1. The molecule has 2 aromatic rings. The van der Waals surface area contributed by atoms with Crippen molar-refractivity contribution in [2.75, 3.05) is 91.6 Å². The number of carbonyl (C=O) groups is 9. The Morgan fingerprint density at radius 2 is 1.13 bits per heavy atom. The summed E-state index contributed by atoms with van der Waals surface area (Å²) in [6.45, 7) is 0.0486. The van der Waals surface area contributed by atoms with Gasteiger partial charge >= 0.3 is 23.9 Å². The van der Waals surface area contributed by atoms with Gasteiger partial charge in [0, 0.05) is 83.4 Å². The molecule has 2 aliphatic heterocycles. The van der Waals surface area contributed by atoms with Crippen LogP contribution in [-0.2, 0) is 49.6 Å². The van der Waals surface area contributed by atoms with Crippen molar-refractivity contribution in [3.8, 4) is 0 Å². The van der Waals surface area contributed by atoms with Gasteiger partial charge in [-0.25, -0.2) is 4.79 Å². The molecule has 336 valence electrons. The number of carboxylic acid groups (broad SMARTS) is 4. The van der Waals surface area contributed by atoms with E-state index in [0.717, 1.165) is 33.4 Å². The number of benzene rings is 2. The van der Waals surface area contributed by atoms with Crippen LogP contribution in [0.2, 0.25) is 0 Å². The van der Waals surface area contributed by atoms with Gasteiger partial charge in [-0.15, -0.1) is 0 Å². The van der Waals surface area contributed by atoms with Gasteiger partial charge in [-0.05, 0) is 42.0 Å². The van der Waals surface area contributed by atoms with Crippen LogP contribution in [0.15, 0.2) is 54.6 Å². The normalized spacial score (nSPS) is 17.2. The maximum Gasteiger partial charge on any atom is 0.326 e. The van der Waals surface area contributed by atoms with Crippen LogP contribution in [0.4, 0.5) is 0 Å². The maximum atomic E-state index is 13.8. The van der Waals surface area contributed by atoms with Crippen LogP contribution in [0.3, 0.4) is 0 Å². The summed E-state index contributed by atoms with van der Waals surface area (Å²) in [5.41, 5.74) is 0.722. The molecule has 62 heavy (non-hydrogen) atoms. The van der Waals surface area contributed by atoms with E-state index in [4.69, 9.17) is 0 Å². The summed E-state index contributed by atoms with van der Waals surface area (Å²) in [5, 5.41) is 45.4. The molecule has 2 aliphatic rings. The molecule has 6 N–H and O–H groups in total. The van der Waals surface area contributed by atoms with Gasteiger partial charge in [0.05, 0.1) is 32.7 Å². The van der Waals surface area contributed by atoms with Gasteiger partial charge in [0.15, 0.2) is 5.78 Å². The van der Waals surface area contributed by atoms with E-state index in [-0.39, 0.29) is 111 Å². The number of Topliss-reactive ketones (excluding diaryl/α,β-unsaturated/α-hetero) is 1. The molecule has 0 unspecified atom stereocenters. The van der Waals surface area contributed by atoms with Gasteiger partial charge in [-0.2, -0.15) is 0 Å². The second kappa shape index (κ2) is 24.4. The highest BCUT2D eigenvalue weighted by atomic mass is 16.4. The van der Waals surface area contributed by atoms with E-state index < -0.39 is 71.8 Å². The van der Waals surface area contributed by atoms with Gasteiger partial charge in [0.2, 0.25) is 11.8 Å². The lowest BCUT2D eigenvalue weighted by atomic mass is 9.91. The van der Waals surface area contributed by atoms with Crippen LogP contribution in [-0.4, -0.2) is 196 Å². The minimum absolute atomic E-state index is 0.000770. The van der Waals surface area contributed by atoms with Gasteiger partial charge in [0.25, 0.3) is 11.8 Å². The van der Waals surface area contributed by atoms with E-state index in [1.807, 2.05) is 42.5 Å². The molecule has 0 aliphatic carbocycles. The Morgan fingerprint density at radius 1 is 0.629 bits per heavy atom. The Labute approximate surface area is 358 Å². The van der Waals surface area contributed by atoms with Gasteiger partial charge in [-0.3, -0.25) is 62.9 Å². The van der Waals surface area contributed by atoms with Crippen molar-refractivity contribution >= 4 is 64.1 Å². The fourth-order valence-electron chi connectivity index (χ4n) is 7.31. The van der Waals surface area contributed by atoms with Crippen molar-refractivity contribution in [1.82, 2.24) is 35.1 Å². The minimum Gasteiger partial charge on any atom is -0.480 e. The van der Waals surface area contributed by atoms with Crippen molar-refractivity contribution in [3.63, 3.8) is 0 Å². The number of unbranched alkanes of at least 4 members (excludes halogenated alkanes) is 1. The number of fused-ring (bicyclic) bond motifs is 1. The van der Waals surface area contributed by atoms with Crippen molar-refractivity contribution in [2.24, 2.45) is 5.92 Å². The highest BCUT2D eigenvalue weighted by Crippen LogP contribution is 2.20. The number of aliphatic carboxylic acids is 4. The zero-order valence-electron chi connectivity index (χ0n) is 34.5. The van der Waals surface area contributed by atoms with E-state index in [0.29, 0.717) is 6.42 Å². The first kappa shape index (κ1) is 48.6. The average molecular weight is 866 g/mol. The van der Waals surface area contributed by atoms with Crippen molar-refractivity contribution in [2.45, 2.75) is 38.1 Å². The van der Waals surface area contributed by atoms with Crippen LogP contribution in [0, 0.1) is 5.92 Å². The Morgan fingerprint density at radius 3 is 1.63 bits per heavy atom. The van der Waals surface area contributed by atoms with E-state index in [1.165, 1.54) is 0 Å². The summed E-state index contributed by atoms with van der Waals surface area (Å²) in [5.74, 6) is -8.21. The van der Waals surface area contributed by atoms with Crippen LogP contribution in [0.1, 0.15) is 31.2 Å². The highest BCUT2D eigenvalue weighted by Gasteiger charge is 2.29. The summed E-state index contributed by atoms with van der Waals surface area (Å²) in [4.78, 5) is 119. The van der Waals surface area contributed by atoms with Crippen molar-refractivity contribution in [1.29, 1.82) is 0 Å². The average Bonchev–Trinajstić information content (AvgIpc) is 3.53. The van der Waals surface area contributed by atoms with E-state index in [2.05, 4.69) is 10.6 Å². The number of nitrogens with one attached hydrogen (secondary N) is 2. The fourth-order valence-corrected chi connectivity index (χ4v) is 7.31. The smallest absolute Gasteiger partial charge is 0.326 e. The second-order valence-electron chi connectivity index (χ2n) is 15.4. The van der Waals surface area contributed by atoms with Crippen LogP contribution in [0.5, 0.6) is 0 Å². The lowest BCUT2D eigenvalue weighted by Crippen LogP contribution is -2.50. The first-order chi connectivity index (χ1) is 29.6. The highest BCUT2D eigenvalue weighted by molar-refractivity contribution is 6.12. The fraction of sp³-hybridized carbons (Fsp3) is 0.500. The molecule has 0 bridgehead atoms. The van der Waals surface area contributed by atoms with Crippen LogP contribution >= 0.6 is 0 Å². The lowest BCUT2D eigenvalue weighted by Gasteiger charge is -2.32.